The van der Waals surface area contributed by atoms with Crippen molar-refractivity contribution in [3.63, 3.8) is 0 Å². The largest absolute Gasteiger partial charge is 0.399 e. The number of rotatable bonds is 3. The summed E-state index contributed by atoms with van der Waals surface area (Å²) in [6.07, 6.45) is 0. The molecular weight excluding hydrogens is 263 g/mol. The normalized spacial score (nSPS) is 11.8. The minimum Gasteiger partial charge on any atom is -0.399 e. The molecule has 0 aliphatic heterocycles. The molecule has 0 aliphatic rings. The molecule has 0 aromatic heterocycles. The zero-order chi connectivity index (χ0) is 13.8. The minimum absolute atomic E-state index is 0.0354. The Balaban J connectivity index is 2.20. The van der Waals surface area contributed by atoms with E-state index in [1.807, 2.05) is 0 Å². The first-order valence-corrected chi connectivity index (χ1v) is 6.84. The molecule has 2 aromatic rings. The highest BCUT2D eigenvalue weighted by Crippen LogP contribution is 2.16. The Morgan fingerprint density at radius 1 is 1.21 bits per heavy atom. The van der Waals surface area contributed by atoms with Crippen LogP contribution in [0.3, 0.4) is 0 Å². The zero-order valence-electron chi connectivity index (χ0n) is 9.97. The van der Waals surface area contributed by atoms with Gasteiger partial charge in [-0.1, -0.05) is 6.07 Å². The summed E-state index contributed by atoms with van der Waals surface area (Å²) in [6.45, 7) is 0. The van der Waals surface area contributed by atoms with E-state index in [0.29, 0.717) is 16.1 Å². The molecule has 2 aromatic carbocycles. The fourth-order valence-corrected chi connectivity index (χ4v) is 2.69. The molecule has 0 radical (unpaired) electrons. The van der Waals surface area contributed by atoms with Gasteiger partial charge in [0.05, 0.1) is 22.1 Å². The molecule has 96 valence electrons. The molecule has 19 heavy (non-hydrogen) atoms. The van der Waals surface area contributed by atoms with Gasteiger partial charge < -0.3 is 5.73 Å². The molecule has 0 aliphatic carbocycles. The Morgan fingerprint density at radius 2 is 1.89 bits per heavy atom. The van der Waals surface area contributed by atoms with Crippen molar-refractivity contribution in [1.29, 1.82) is 5.26 Å². The number of anilines is 1. The van der Waals surface area contributed by atoms with Gasteiger partial charge in [0, 0.05) is 10.6 Å². The van der Waals surface area contributed by atoms with Gasteiger partial charge in [0.15, 0.2) is 0 Å². The van der Waals surface area contributed by atoms with Crippen molar-refractivity contribution in [3.8, 4) is 6.07 Å². The number of nitrogen functional groups attached to an aromatic ring is 1. The fraction of sp³-hybridized carbons (Fsp3) is 0.0714. The average Bonchev–Trinajstić information content (AvgIpc) is 2.41. The SMILES string of the molecule is N#Cc1cc(CS(=O)c2ccc(N)cc2)ccc1F. The van der Waals surface area contributed by atoms with Gasteiger partial charge in [0.25, 0.3) is 0 Å². The third-order valence-corrected chi connectivity index (χ3v) is 3.99. The number of nitrogens with two attached hydrogens (primary N) is 1. The van der Waals surface area contributed by atoms with Gasteiger partial charge >= 0.3 is 0 Å². The van der Waals surface area contributed by atoms with E-state index in [0.717, 1.165) is 0 Å². The highest BCUT2D eigenvalue weighted by molar-refractivity contribution is 7.84. The first kappa shape index (κ1) is 13.2. The standard InChI is InChI=1S/C14H11FN2OS/c15-14-6-1-10(7-11(14)8-16)9-19(18)13-4-2-12(17)3-5-13/h1-7H,9,17H2. The van der Waals surface area contributed by atoms with E-state index < -0.39 is 16.6 Å². The van der Waals surface area contributed by atoms with Crippen LogP contribution in [0.5, 0.6) is 0 Å². The van der Waals surface area contributed by atoms with E-state index >= 15 is 0 Å². The lowest BCUT2D eigenvalue weighted by Gasteiger charge is -2.04. The number of halogens is 1. The van der Waals surface area contributed by atoms with Crippen LogP contribution in [0.25, 0.3) is 0 Å². The van der Waals surface area contributed by atoms with Gasteiger partial charge in [-0.15, -0.1) is 0 Å². The molecular formula is C14H11FN2OS. The molecule has 2 rings (SSSR count). The van der Waals surface area contributed by atoms with Gasteiger partial charge in [0.2, 0.25) is 0 Å². The predicted octanol–water partition coefficient (Wildman–Crippen LogP) is 2.59. The summed E-state index contributed by atoms with van der Waals surface area (Å²) in [5.41, 5.74) is 6.79. The summed E-state index contributed by atoms with van der Waals surface area (Å²) in [5, 5.41) is 8.74. The summed E-state index contributed by atoms with van der Waals surface area (Å²) < 4.78 is 25.3. The molecule has 0 saturated carbocycles. The Labute approximate surface area is 112 Å². The van der Waals surface area contributed by atoms with Crippen LogP contribution in [0.2, 0.25) is 0 Å². The molecule has 3 nitrogen and oxygen atoms in total. The smallest absolute Gasteiger partial charge is 0.140 e. The molecule has 0 heterocycles. The second-order valence-electron chi connectivity index (χ2n) is 3.98. The summed E-state index contributed by atoms with van der Waals surface area (Å²) >= 11 is 0. The molecule has 0 spiro atoms. The monoisotopic (exact) mass is 274 g/mol. The second-order valence-corrected chi connectivity index (χ2v) is 5.44. The van der Waals surface area contributed by atoms with Crippen molar-refractivity contribution >= 4 is 16.5 Å². The third-order valence-electron chi connectivity index (χ3n) is 2.59. The predicted molar refractivity (Wildman–Crippen MR) is 72.1 cm³/mol. The first-order valence-electron chi connectivity index (χ1n) is 5.52. The van der Waals surface area contributed by atoms with Crippen LogP contribution >= 0.6 is 0 Å². The molecule has 2 N–H and O–H groups in total. The Hall–Kier alpha value is -2.19. The van der Waals surface area contributed by atoms with Crippen LogP contribution < -0.4 is 5.73 Å². The Kier molecular flexibility index (Phi) is 3.93. The number of benzene rings is 2. The lowest BCUT2D eigenvalue weighted by Crippen LogP contribution is -1.98. The van der Waals surface area contributed by atoms with Crippen molar-refractivity contribution in [3.05, 3.63) is 59.4 Å². The molecule has 5 heteroatoms. The maximum Gasteiger partial charge on any atom is 0.140 e. The lowest BCUT2D eigenvalue weighted by atomic mass is 10.1. The molecule has 1 unspecified atom stereocenters. The fourth-order valence-electron chi connectivity index (χ4n) is 1.60. The van der Waals surface area contributed by atoms with Crippen LogP contribution in [-0.2, 0) is 16.6 Å². The highest BCUT2D eigenvalue weighted by atomic mass is 32.2. The van der Waals surface area contributed by atoms with E-state index in [1.54, 1.807) is 30.3 Å². The maximum absolute atomic E-state index is 13.2. The zero-order valence-corrected chi connectivity index (χ0v) is 10.8. The molecule has 0 amide bonds. The van der Waals surface area contributed by atoms with Crippen molar-refractivity contribution in [1.82, 2.24) is 0 Å². The summed E-state index contributed by atoms with van der Waals surface area (Å²) in [6, 6.07) is 12.7. The first-order chi connectivity index (χ1) is 9.10. The maximum atomic E-state index is 13.2. The highest BCUT2D eigenvalue weighted by Gasteiger charge is 2.08. The van der Waals surface area contributed by atoms with Gasteiger partial charge in [-0.3, -0.25) is 4.21 Å². The van der Waals surface area contributed by atoms with Crippen LogP contribution in [0.1, 0.15) is 11.1 Å². The van der Waals surface area contributed by atoms with Crippen LogP contribution in [0.4, 0.5) is 10.1 Å². The van der Waals surface area contributed by atoms with Gasteiger partial charge in [-0.05, 0) is 42.0 Å². The van der Waals surface area contributed by atoms with E-state index in [9.17, 15) is 8.60 Å². The van der Waals surface area contributed by atoms with Crippen molar-refractivity contribution in [2.75, 3.05) is 5.73 Å². The Bertz CT molecular complexity index is 662. The van der Waals surface area contributed by atoms with Crippen molar-refractivity contribution in [2.45, 2.75) is 10.6 Å². The quantitative estimate of drug-likeness (QED) is 0.875. The minimum atomic E-state index is -1.25. The summed E-state index contributed by atoms with van der Waals surface area (Å²) in [7, 11) is -1.25. The Morgan fingerprint density at radius 3 is 2.53 bits per heavy atom. The van der Waals surface area contributed by atoms with E-state index in [-0.39, 0.29) is 11.3 Å². The van der Waals surface area contributed by atoms with Crippen LogP contribution in [0.15, 0.2) is 47.4 Å². The number of nitrogens with zero attached hydrogens (tertiary/aromatic N) is 1. The van der Waals surface area contributed by atoms with E-state index in [1.165, 1.54) is 18.2 Å². The lowest BCUT2D eigenvalue weighted by molar-refractivity contribution is 0.623. The molecule has 1 atom stereocenters. The number of hydrogen-bond donors (Lipinski definition) is 1. The van der Waals surface area contributed by atoms with E-state index in [4.69, 9.17) is 11.0 Å². The van der Waals surface area contributed by atoms with Crippen molar-refractivity contribution < 1.29 is 8.60 Å². The van der Waals surface area contributed by atoms with Gasteiger partial charge in [0.1, 0.15) is 11.9 Å². The molecule has 0 bridgehead atoms. The van der Waals surface area contributed by atoms with E-state index in [2.05, 4.69) is 0 Å². The van der Waals surface area contributed by atoms with Gasteiger partial charge in [-0.25, -0.2) is 4.39 Å². The summed E-state index contributed by atoms with van der Waals surface area (Å²) in [5.74, 6) is -0.330. The van der Waals surface area contributed by atoms with Crippen molar-refractivity contribution in [2.24, 2.45) is 0 Å². The molecule has 0 fully saturated rings. The topological polar surface area (TPSA) is 66.9 Å². The van der Waals surface area contributed by atoms with Gasteiger partial charge in [-0.2, -0.15) is 5.26 Å². The summed E-state index contributed by atoms with van der Waals surface area (Å²) in [4.78, 5) is 0.650. The number of hydrogen-bond acceptors (Lipinski definition) is 3. The second kappa shape index (κ2) is 5.63. The molecule has 0 saturated heterocycles. The van der Waals surface area contributed by atoms with Crippen LogP contribution in [-0.4, -0.2) is 4.21 Å². The average molecular weight is 274 g/mol. The third kappa shape index (κ3) is 3.18. The number of nitriles is 1. The van der Waals surface area contributed by atoms with Crippen LogP contribution in [0, 0.1) is 17.1 Å².